The number of nitrogens with two attached hydrogens (primary N) is 1. The van der Waals surface area contributed by atoms with Gasteiger partial charge in [-0.25, -0.2) is 0 Å². The molecule has 1 amide bonds. The Morgan fingerprint density at radius 3 is 3.24 bits per heavy atom. The molecule has 2 rings (SSSR count). The molecular formula is C12H18N4O. The van der Waals surface area contributed by atoms with Crippen LogP contribution in [0.25, 0.3) is 0 Å². The Morgan fingerprint density at radius 1 is 1.65 bits per heavy atom. The summed E-state index contributed by atoms with van der Waals surface area (Å²) in [5.41, 5.74) is 6.58. The van der Waals surface area contributed by atoms with Crippen molar-refractivity contribution in [1.82, 2.24) is 15.2 Å². The molecular weight excluding hydrogens is 216 g/mol. The molecule has 1 aromatic rings. The van der Waals surface area contributed by atoms with Gasteiger partial charge in [-0.3, -0.25) is 14.7 Å². The number of pyridine rings is 1. The third-order valence-corrected chi connectivity index (χ3v) is 3.09. The lowest BCUT2D eigenvalue weighted by atomic mass is 10.1. The summed E-state index contributed by atoms with van der Waals surface area (Å²) >= 11 is 0. The summed E-state index contributed by atoms with van der Waals surface area (Å²) in [7, 11) is 0. The standard InChI is InChI=1S/C12H18N4O/c13-12(17)11-9-15-5-7-16(11)6-3-10-2-1-4-14-8-10/h1-2,4,8,11,15H,3,5-7,9H2,(H2,13,17). The lowest BCUT2D eigenvalue weighted by Gasteiger charge is -2.34. The van der Waals surface area contributed by atoms with Crippen LogP contribution in [0.5, 0.6) is 0 Å². The molecule has 1 fully saturated rings. The summed E-state index contributed by atoms with van der Waals surface area (Å²) in [6, 6.07) is 3.80. The number of nitrogens with zero attached hydrogens (tertiary/aromatic N) is 2. The lowest BCUT2D eigenvalue weighted by Crippen LogP contribution is -2.57. The number of hydrogen-bond acceptors (Lipinski definition) is 4. The van der Waals surface area contributed by atoms with E-state index in [1.54, 1.807) is 6.20 Å². The summed E-state index contributed by atoms with van der Waals surface area (Å²) in [6.45, 7) is 3.29. The van der Waals surface area contributed by atoms with Crippen LogP contribution in [0.2, 0.25) is 0 Å². The SMILES string of the molecule is NC(=O)C1CNCCN1CCc1cccnc1. The molecule has 0 aliphatic carbocycles. The minimum absolute atomic E-state index is 0.180. The number of nitrogens with one attached hydrogen (secondary N) is 1. The Labute approximate surface area is 101 Å². The number of amides is 1. The van der Waals surface area contributed by atoms with Crippen molar-refractivity contribution < 1.29 is 4.79 Å². The fourth-order valence-corrected chi connectivity index (χ4v) is 2.11. The van der Waals surface area contributed by atoms with E-state index >= 15 is 0 Å². The number of aromatic nitrogens is 1. The van der Waals surface area contributed by atoms with Gasteiger partial charge in [-0.05, 0) is 18.1 Å². The van der Waals surface area contributed by atoms with Crippen LogP contribution in [0.1, 0.15) is 5.56 Å². The minimum atomic E-state index is -0.247. The highest BCUT2D eigenvalue weighted by atomic mass is 16.1. The van der Waals surface area contributed by atoms with E-state index in [4.69, 9.17) is 5.73 Å². The Kier molecular flexibility index (Phi) is 4.06. The topological polar surface area (TPSA) is 71.2 Å². The predicted molar refractivity (Wildman–Crippen MR) is 65.4 cm³/mol. The highest BCUT2D eigenvalue weighted by Gasteiger charge is 2.25. The maximum Gasteiger partial charge on any atom is 0.236 e. The van der Waals surface area contributed by atoms with Gasteiger partial charge >= 0.3 is 0 Å². The molecule has 0 bridgehead atoms. The highest BCUT2D eigenvalue weighted by molar-refractivity contribution is 5.80. The van der Waals surface area contributed by atoms with E-state index in [0.29, 0.717) is 6.54 Å². The monoisotopic (exact) mass is 234 g/mol. The van der Waals surface area contributed by atoms with E-state index in [0.717, 1.165) is 26.1 Å². The second-order valence-corrected chi connectivity index (χ2v) is 4.27. The van der Waals surface area contributed by atoms with Crippen molar-refractivity contribution in [3.05, 3.63) is 30.1 Å². The molecule has 92 valence electrons. The first kappa shape index (κ1) is 12.0. The maximum atomic E-state index is 11.3. The minimum Gasteiger partial charge on any atom is -0.368 e. The maximum absolute atomic E-state index is 11.3. The fraction of sp³-hybridized carbons (Fsp3) is 0.500. The van der Waals surface area contributed by atoms with Gasteiger partial charge in [0.05, 0.1) is 0 Å². The van der Waals surface area contributed by atoms with Gasteiger partial charge in [-0.1, -0.05) is 6.07 Å². The van der Waals surface area contributed by atoms with Crippen molar-refractivity contribution in [1.29, 1.82) is 0 Å². The zero-order valence-corrected chi connectivity index (χ0v) is 9.80. The van der Waals surface area contributed by atoms with Gasteiger partial charge in [0.25, 0.3) is 0 Å². The van der Waals surface area contributed by atoms with E-state index in [9.17, 15) is 4.79 Å². The molecule has 2 heterocycles. The fourth-order valence-electron chi connectivity index (χ4n) is 2.11. The lowest BCUT2D eigenvalue weighted by molar-refractivity contribution is -0.123. The van der Waals surface area contributed by atoms with Crippen LogP contribution in [0.3, 0.4) is 0 Å². The Bertz CT molecular complexity index is 368. The zero-order valence-electron chi connectivity index (χ0n) is 9.80. The summed E-state index contributed by atoms with van der Waals surface area (Å²) in [4.78, 5) is 17.5. The predicted octanol–water partition coefficient (Wildman–Crippen LogP) is -0.617. The third kappa shape index (κ3) is 3.25. The molecule has 1 saturated heterocycles. The van der Waals surface area contributed by atoms with Crippen molar-refractivity contribution in [3.63, 3.8) is 0 Å². The second kappa shape index (κ2) is 5.75. The molecule has 1 aliphatic heterocycles. The van der Waals surface area contributed by atoms with E-state index in [-0.39, 0.29) is 11.9 Å². The zero-order chi connectivity index (χ0) is 12.1. The first-order chi connectivity index (χ1) is 8.27. The van der Waals surface area contributed by atoms with Crippen LogP contribution >= 0.6 is 0 Å². The molecule has 1 aliphatic rings. The van der Waals surface area contributed by atoms with Crippen LogP contribution in [0.4, 0.5) is 0 Å². The van der Waals surface area contributed by atoms with E-state index in [2.05, 4.69) is 21.3 Å². The molecule has 1 unspecified atom stereocenters. The Balaban J connectivity index is 1.90. The first-order valence-corrected chi connectivity index (χ1v) is 5.90. The summed E-state index contributed by atoms with van der Waals surface area (Å²) in [6.07, 6.45) is 4.53. The molecule has 0 radical (unpaired) electrons. The largest absolute Gasteiger partial charge is 0.368 e. The van der Waals surface area contributed by atoms with E-state index in [1.165, 1.54) is 5.56 Å². The van der Waals surface area contributed by atoms with Crippen LogP contribution in [-0.2, 0) is 11.2 Å². The number of carbonyl (C=O) groups excluding carboxylic acids is 1. The van der Waals surface area contributed by atoms with Gasteiger partial charge in [0.1, 0.15) is 6.04 Å². The van der Waals surface area contributed by atoms with Crippen molar-refractivity contribution in [2.75, 3.05) is 26.2 Å². The van der Waals surface area contributed by atoms with E-state index < -0.39 is 0 Å². The van der Waals surface area contributed by atoms with Crippen molar-refractivity contribution in [2.45, 2.75) is 12.5 Å². The van der Waals surface area contributed by atoms with Gasteiger partial charge in [-0.15, -0.1) is 0 Å². The molecule has 1 atom stereocenters. The van der Waals surface area contributed by atoms with Crippen LogP contribution in [-0.4, -0.2) is 48.0 Å². The molecule has 0 saturated carbocycles. The number of rotatable bonds is 4. The second-order valence-electron chi connectivity index (χ2n) is 4.27. The van der Waals surface area contributed by atoms with Gasteiger partial charge in [0.15, 0.2) is 0 Å². The van der Waals surface area contributed by atoms with Gasteiger partial charge < -0.3 is 11.1 Å². The molecule has 5 heteroatoms. The average Bonchev–Trinajstić information content (AvgIpc) is 2.38. The smallest absolute Gasteiger partial charge is 0.236 e. The quantitative estimate of drug-likeness (QED) is 0.728. The van der Waals surface area contributed by atoms with Crippen molar-refractivity contribution in [3.8, 4) is 0 Å². The summed E-state index contributed by atoms with van der Waals surface area (Å²) in [5, 5.41) is 3.19. The summed E-state index contributed by atoms with van der Waals surface area (Å²) < 4.78 is 0. The third-order valence-electron chi connectivity index (χ3n) is 3.09. The Morgan fingerprint density at radius 2 is 2.53 bits per heavy atom. The number of carbonyl (C=O) groups is 1. The number of primary amides is 1. The normalized spacial score (nSPS) is 21.3. The number of hydrogen-bond donors (Lipinski definition) is 2. The van der Waals surface area contributed by atoms with Gasteiger partial charge in [0.2, 0.25) is 5.91 Å². The number of piperazine rings is 1. The average molecular weight is 234 g/mol. The molecule has 17 heavy (non-hydrogen) atoms. The van der Waals surface area contributed by atoms with Crippen LogP contribution in [0, 0.1) is 0 Å². The van der Waals surface area contributed by atoms with Gasteiger partial charge in [0, 0.05) is 38.6 Å². The molecule has 5 nitrogen and oxygen atoms in total. The van der Waals surface area contributed by atoms with Crippen molar-refractivity contribution in [2.24, 2.45) is 5.73 Å². The molecule has 1 aromatic heterocycles. The molecule has 0 aromatic carbocycles. The first-order valence-electron chi connectivity index (χ1n) is 5.90. The van der Waals surface area contributed by atoms with Crippen LogP contribution < -0.4 is 11.1 Å². The Hall–Kier alpha value is -1.46. The van der Waals surface area contributed by atoms with E-state index in [1.807, 2.05) is 12.3 Å². The van der Waals surface area contributed by atoms with Crippen molar-refractivity contribution >= 4 is 5.91 Å². The van der Waals surface area contributed by atoms with Gasteiger partial charge in [-0.2, -0.15) is 0 Å². The highest BCUT2D eigenvalue weighted by Crippen LogP contribution is 2.05. The van der Waals surface area contributed by atoms with Crippen LogP contribution in [0.15, 0.2) is 24.5 Å². The molecule has 3 N–H and O–H groups in total. The summed E-state index contributed by atoms with van der Waals surface area (Å²) in [5.74, 6) is -0.247. The molecule has 0 spiro atoms.